The van der Waals surface area contributed by atoms with Gasteiger partial charge < -0.3 is 9.88 Å². The summed E-state index contributed by atoms with van der Waals surface area (Å²) >= 11 is 0. The number of anilines is 1. The standard InChI is InChI=1S/C23H19FN4O3/c1-14-4-7-21(28(30)31)12-22(14)26-23(29)18(13-25)11-17-10-15(2)27(16(17)3)20-8-5-19(24)6-9-20/h4-12H,1-3H3,(H,26,29)/b18-11+. The number of aryl methyl sites for hydroxylation is 2. The number of nitriles is 1. The van der Waals surface area contributed by atoms with Crippen LogP contribution in [0.4, 0.5) is 15.8 Å². The number of hydrogen-bond acceptors (Lipinski definition) is 4. The van der Waals surface area contributed by atoms with Gasteiger partial charge in [0.25, 0.3) is 11.6 Å². The smallest absolute Gasteiger partial charge is 0.271 e. The highest BCUT2D eigenvalue weighted by Gasteiger charge is 2.16. The zero-order chi connectivity index (χ0) is 22.7. The number of benzene rings is 2. The van der Waals surface area contributed by atoms with E-state index in [2.05, 4.69) is 5.32 Å². The number of aromatic nitrogens is 1. The van der Waals surface area contributed by atoms with Crippen molar-refractivity contribution in [3.8, 4) is 11.8 Å². The molecule has 0 atom stereocenters. The molecule has 156 valence electrons. The average molecular weight is 418 g/mol. The summed E-state index contributed by atoms with van der Waals surface area (Å²) in [6.07, 6.45) is 1.46. The number of hydrogen-bond donors (Lipinski definition) is 1. The van der Waals surface area contributed by atoms with Gasteiger partial charge in [-0.3, -0.25) is 14.9 Å². The van der Waals surface area contributed by atoms with Crippen LogP contribution in [0.1, 0.15) is 22.5 Å². The molecule has 8 heteroatoms. The number of rotatable bonds is 5. The lowest BCUT2D eigenvalue weighted by atomic mass is 10.1. The fourth-order valence-corrected chi connectivity index (χ4v) is 3.27. The molecule has 2 aromatic carbocycles. The Hall–Kier alpha value is -4.25. The molecule has 3 aromatic rings. The van der Waals surface area contributed by atoms with Crippen LogP contribution in [0.15, 0.2) is 54.1 Å². The Labute approximate surface area is 178 Å². The average Bonchev–Trinajstić information content (AvgIpc) is 3.01. The number of nitrogens with zero attached hydrogens (tertiary/aromatic N) is 3. The monoisotopic (exact) mass is 418 g/mol. The van der Waals surface area contributed by atoms with Crippen LogP contribution in [-0.4, -0.2) is 15.4 Å². The maximum atomic E-state index is 13.3. The van der Waals surface area contributed by atoms with Gasteiger partial charge in [0, 0.05) is 29.2 Å². The van der Waals surface area contributed by atoms with Gasteiger partial charge in [0.2, 0.25) is 0 Å². The van der Waals surface area contributed by atoms with E-state index in [-0.39, 0.29) is 22.8 Å². The molecule has 0 unspecified atom stereocenters. The van der Waals surface area contributed by atoms with Crippen LogP contribution >= 0.6 is 0 Å². The van der Waals surface area contributed by atoms with E-state index >= 15 is 0 Å². The third-order valence-corrected chi connectivity index (χ3v) is 4.90. The molecule has 0 radical (unpaired) electrons. The number of carbonyl (C=O) groups excluding carboxylic acids is 1. The second kappa shape index (κ2) is 8.63. The molecule has 0 saturated carbocycles. The molecule has 0 bridgehead atoms. The van der Waals surface area contributed by atoms with Gasteiger partial charge in [-0.25, -0.2) is 4.39 Å². The normalized spacial score (nSPS) is 11.1. The van der Waals surface area contributed by atoms with Crippen molar-refractivity contribution in [3.05, 3.63) is 92.6 Å². The molecule has 1 aromatic heterocycles. The molecule has 3 rings (SSSR count). The van der Waals surface area contributed by atoms with Crippen LogP contribution in [-0.2, 0) is 4.79 Å². The van der Waals surface area contributed by atoms with Crippen molar-refractivity contribution >= 4 is 23.4 Å². The molecule has 1 N–H and O–H groups in total. The predicted octanol–water partition coefficient (Wildman–Crippen LogP) is 5.00. The Bertz CT molecular complexity index is 1250. The van der Waals surface area contributed by atoms with E-state index in [1.807, 2.05) is 30.6 Å². The van der Waals surface area contributed by atoms with Crippen molar-refractivity contribution in [2.45, 2.75) is 20.8 Å². The lowest BCUT2D eigenvalue weighted by Gasteiger charge is -2.10. The molecule has 0 aliphatic heterocycles. The fourth-order valence-electron chi connectivity index (χ4n) is 3.27. The second-order valence-corrected chi connectivity index (χ2v) is 7.02. The predicted molar refractivity (Wildman–Crippen MR) is 115 cm³/mol. The Kier molecular flexibility index (Phi) is 5.97. The molecule has 0 aliphatic carbocycles. The van der Waals surface area contributed by atoms with Gasteiger partial charge in [-0.05, 0) is 68.3 Å². The molecule has 31 heavy (non-hydrogen) atoms. The summed E-state index contributed by atoms with van der Waals surface area (Å²) in [5.74, 6) is -1.01. The number of nitrogens with one attached hydrogen (secondary N) is 1. The quantitative estimate of drug-likeness (QED) is 0.273. The SMILES string of the molecule is Cc1ccc([N+](=O)[O-])cc1NC(=O)/C(C#N)=C/c1cc(C)n(-c2ccc(F)cc2)c1C. The minimum Gasteiger partial charge on any atom is -0.321 e. The van der Waals surface area contributed by atoms with Crippen molar-refractivity contribution in [2.75, 3.05) is 5.32 Å². The van der Waals surface area contributed by atoms with Crippen molar-refractivity contribution in [1.29, 1.82) is 5.26 Å². The Morgan fingerprint density at radius 1 is 1.16 bits per heavy atom. The van der Waals surface area contributed by atoms with Gasteiger partial charge in [0.1, 0.15) is 17.5 Å². The molecule has 1 amide bonds. The summed E-state index contributed by atoms with van der Waals surface area (Å²) < 4.78 is 15.1. The Balaban J connectivity index is 1.94. The molecule has 7 nitrogen and oxygen atoms in total. The molecule has 0 spiro atoms. The van der Waals surface area contributed by atoms with Gasteiger partial charge in [-0.2, -0.15) is 5.26 Å². The maximum absolute atomic E-state index is 13.3. The first kappa shape index (κ1) is 21.5. The zero-order valence-corrected chi connectivity index (χ0v) is 17.1. The number of non-ortho nitro benzene ring substituents is 1. The topological polar surface area (TPSA) is 101 Å². The number of amides is 1. The van der Waals surface area contributed by atoms with Crippen LogP contribution in [0.3, 0.4) is 0 Å². The number of nitro benzene ring substituents is 1. The van der Waals surface area contributed by atoms with E-state index in [1.165, 1.54) is 36.4 Å². The largest absolute Gasteiger partial charge is 0.321 e. The summed E-state index contributed by atoms with van der Waals surface area (Å²) in [4.78, 5) is 23.1. The summed E-state index contributed by atoms with van der Waals surface area (Å²) in [6, 6.07) is 13.8. The summed E-state index contributed by atoms with van der Waals surface area (Å²) in [5.41, 5.74) is 3.62. The summed E-state index contributed by atoms with van der Waals surface area (Å²) in [5, 5.41) is 23.1. The van der Waals surface area contributed by atoms with Crippen LogP contribution in [0, 0.1) is 48.0 Å². The van der Waals surface area contributed by atoms with Crippen LogP contribution in [0.25, 0.3) is 11.8 Å². The molecule has 0 fully saturated rings. The molecule has 1 heterocycles. The summed E-state index contributed by atoms with van der Waals surface area (Å²) in [7, 11) is 0. The van der Waals surface area contributed by atoms with E-state index in [4.69, 9.17) is 0 Å². The lowest BCUT2D eigenvalue weighted by molar-refractivity contribution is -0.384. The first-order chi connectivity index (χ1) is 14.7. The van der Waals surface area contributed by atoms with Crippen molar-refractivity contribution in [3.63, 3.8) is 0 Å². The zero-order valence-electron chi connectivity index (χ0n) is 17.1. The fraction of sp³-hybridized carbons (Fsp3) is 0.130. The van der Waals surface area contributed by atoms with Gasteiger partial charge in [-0.15, -0.1) is 0 Å². The van der Waals surface area contributed by atoms with Crippen molar-refractivity contribution < 1.29 is 14.1 Å². The highest BCUT2D eigenvalue weighted by Crippen LogP contribution is 2.25. The van der Waals surface area contributed by atoms with E-state index in [0.717, 1.165) is 17.1 Å². The highest BCUT2D eigenvalue weighted by molar-refractivity contribution is 6.10. The number of nitro groups is 1. The van der Waals surface area contributed by atoms with E-state index < -0.39 is 10.8 Å². The Morgan fingerprint density at radius 3 is 2.45 bits per heavy atom. The Morgan fingerprint density at radius 2 is 1.84 bits per heavy atom. The van der Waals surface area contributed by atoms with E-state index in [0.29, 0.717) is 11.1 Å². The minimum absolute atomic E-state index is 0.148. The molecular weight excluding hydrogens is 399 g/mol. The molecule has 0 saturated heterocycles. The number of carbonyl (C=O) groups is 1. The lowest BCUT2D eigenvalue weighted by Crippen LogP contribution is -2.14. The van der Waals surface area contributed by atoms with Gasteiger partial charge >= 0.3 is 0 Å². The van der Waals surface area contributed by atoms with E-state index in [1.54, 1.807) is 19.1 Å². The van der Waals surface area contributed by atoms with Crippen molar-refractivity contribution in [1.82, 2.24) is 4.57 Å². The van der Waals surface area contributed by atoms with Crippen LogP contribution in [0.5, 0.6) is 0 Å². The van der Waals surface area contributed by atoms with Crippen LogP contribution in [0.2, 0.25) is 0 Å². The number of halogens is 1. The molecular formula is C23H19FN4O3. The van der Waals surface area contributed by atoms with Gasteiger partial charge in [-0.1, -0.05) is 6.07 Å². The third kappa shape index (κ3) is 4.51. The highest BCUT2D eigenvalue weighted by atomic mass is 19.1. The third-order valence-electron chi connectivity index (χ3n) is 4.90. The minimum atomic E-state index is -0.669. The first-order valence-electron chi connectivity index (χ1n) is 9.34. The maximum Gasteiger partial charge on any atom is 0.271 e. The van der Waals surface area contributed by atoms with E-state index in [9.17, 15) is 24.6 Å². The van der Waals surface area contributed by atoms with Crippen molar-refractivity contribution in [2.24, 2.45) is 0 Å². The van der Waals surface area contributed by atoms with Crippen LogP contribution < -0.4 is 5.32 Å². The van der Waals surface area contributed by atoms with Gasteiger partial charge in [0.15, 0.2) is 0 Å². The summed E-state index contributed by atoms with van der Waals surface area (Å²) in [6.45, 7) is 5.40. The molecule has 0 aliphatic rings. The van der Waals surface area contributed by atoms with Gasteiger partial charge in [0.05, 0.1) is 10.6 Å². The first-order valence-corrected chi connectivity index (χ1v) is 9.34. The second-order valence-electron chi connectivity index (χ2n) is 7.02.